The van der Waals surface area contributed by atoms with Crippen LogP contribution in [0.15, 0.2) is 18.2 Å². The molecule has 3 bridgehead atoms. The first kappa shape index (κ1) is 16.3. The zero-order chi connectivity index (χ0) is 16.2. The SMILES string of the molecule is c1cc2c3c(c1)C[N+]1(CCOCCOCCN(CCOCC1)C2)[N-]3. The lowest BCUT2D eigenvalue weighted by Crippen LogP contribution is -2.45. The monoisotopic (exact) mass is 333 g/mol. The number of quaternary nitrogens is 1. The maximum Gasteiger partial charge on any atom is 0.0988 e. The van der Waals surface area contributed by atoms with E-state index < -0.39 is 0 Å². The molecule has 132 valence electrons. The topological polar surface area (TPSA) is 45.0 Å². The maximum absolute atomic E-state index is 5.91. The van der Waals surface area contributed by atoms with Crippen LogP contribution in [0.3, 0.4) is 0 Å². The molecule has 0 spiro atoms. The molecular weight excluding hydrogens is 306 g/mol. The Labute approximate surface area is 143 Å². The van der Waals surface area contributed by atoms with Gasteiger partial charge in [-0.2, -0.15) is 0 Å². The van der Waals surface area contributed by atoms with Gasteiger partial charge in [-0.1, -0.05) is 23.9 Å². The Morgan fingerprint density at radius 1 is 0.833 bits per heavy atom. The summed E-state index contributed by atoms with van der Waals surface area (Å²) in [6.45, 7) is 9.80. The average Bonchev–Trinajstić information content (AvgIpc) is 2.93. The van der Waals surface area contributed by atoms with Crippen molar-refractivity contribution in [1.82, 2.24) is 4.90 Å². The van der Waals surface area contributed by atoms with Gasteiger partial charge in [0, 0.05) is 19.6 Å². The van der Waals surface area contributed by atoms with E-state index in [2.05, 4.69) is 23.1 Å². The molecule has 2 unspecified atom stereocenters. The molecule has 0 aromatic heterocycles. The van der Waals surface area contributed by atoms with E-state index in [1.165, 1.54) is 16.8 Å². The van der Waals surface area contributed by atoms with Gasteiger partial charge in [-0.3, -0.25) is 4.90 Å². The van der Waals surface area contributed by atoms with Gasteiger partial charge in [0.1, 0.15) is 0 Å². The molecule has 0 saturated heterocycles. The summed E-state index contributed by atoms with van der Waals surface area (Å²) in [5, 5.41) is 0. The third kappa shape index (κ3) is 3.58. The van der Waals surface area contributed by atoms with Crippen LogP contribution in [-0.4, -0.2) is 75.3 Å². The smallest absolute Gasteiger partial charge is 0.0988 e. The van der Waals surface area contributed by atoms with Crippen molar-refractivity contribution in [3.63, 3.8) is 0 Å². The van der Waals surface area contributed by atoms with Crippen LogP contribution in [-0.2, 0) is 27.3 Å². The Morgan fingerprint density at radius 3 is 2.29 bits per heavy atom. The second-order valence-electron chi connectivity index (χ2n) is 6.84. The van der Waals surface area contributed by atoms with Crippen molar-refractivity contribution in [2.24, 2.45) is 0 Å². The Kier molecular flexibility index (Phi) is 5.01. The molecule has 1 aromatic rings. The van der Waals surface area contributed by atoms with Gasteiger partial charge < -0.3 is 24.2 Å². The molecule has 3 aliphatic rings. The number of benzene rings is 1. The largest absolute Gasteiger partial charge is 0.486 e. The molecule has 0 N–H and O–H groups in total. The Morgan fingerprint density at radius 2 is 1.50 bits per heavy atom. The second kappa shape index (κ2) is 7.37. The average molecular weight is 333 g/mol. The number of hydrogen-bond acceptors (Lipinski definition) is 4. The third-order valence-corrected chi connectivity index (χ3v) is 5.15. The number of rotatable bonds is 0. The van der Waals surface area contributed by atoms with Gasteiger partial charge in [-0.05, 0) is 11.1 Å². The van der Waals surface area contributed by atoms with Crippen LogP contribution < -0.4 is 0 Å². The summed E-state index contributed by atoms with van der Waals surface area (Å²) in [5.74, 6) is 0. The van der Waals surface area contributed by atoms with E-state index in [9.17, 15) is 0 Å². The molecule has 2 atom stereocenters. The van der Waals surface area contributed by atoms with Gasteiger partial charge in [0.05, 0.1) is 59.3 Å². The normalized spacial score (nSPS) is 31.4. The first-order chi connectivity index (χ1) is 11.8. The number of hydrogen-bond donors (Lipinski definition) is 0. The van der Waals surface area contributed by atoms with Crippen molar-refractivity contribution in [3.05, 3.63) is 34.8 Å². The fourth-order valence-corrected chi connectivity index (χ4v) is 3.75. The van der Waals surface area contributed by atoms with Crippen LogP contribution in [0.2, 0.25) is 0 Å². The highest BCUT2D eigenvalue weighted by Gasteiger charge is 2.29. The van der Waals surface area contributed by atoms with E-state index in [-0.39, 0.29) is 0 Å². The quantitative estimate of drug-likeness (QED) is 0.680. The van der Waals surface area contributed by atoms with Crippen LogP contribution in [0.1, 0.15) is 11.1 Å². The summed E-state index contributed by atoms with van der Waals surface area (Å²) in [5.41, 5.74) is 9.05. The van der Waals surface area contributed by atoms with Crippen LogP contribution in [0.25, 0.3) is 5.43 Å². The zero-order valence-corrected chi connectivity index (χ0v) is 14.3. The highest BCUT2D eigenvalue weighted by molar-refractivity contribution is 5.61. The summed E-state index contributed by atoms with van der Waals surface area (Å²) in [7, 11) is 0. The lowest BCUT2D eigenvalue weighted by Gasteiger charge is -2.44. The van der Waals surface area contributed by atoms with Gasteiger partial charge in [-0.15, -0.1) is 0 Å². The predicted molar refractivity (Wildman–Crippen MR) is 90.9 cm³/mol. The third-order valence-electron chi connectivity index (χ3n) is 5.15. The second-order valence-corrected chi connectivity index (χ2v) is 6.84. The van der Waals surface area contributed by atoms with Crippen LogP contribution in [0, 0.1) is 0 Å². The molecule has 0 amide bonds. The molecule has 4 rings (SSSR count). The van der Waals surface area contributed by atoms with Gasteiger partial charge in [0.15, 0.2) is 0 Å². The molecule has 3 aliphatic heterocycles. The molecule has 0 aliphatic carbocycles. The molecule has 3 heterocycles. The van der Waals surface area contributed by atoms with Crippen molar-refractivity contribution < 1.29 is 18.8 Å². The van der Waals surface area contributed by atoms with Crippen LogP contribution in [0.4, 0.5) is 5.69 Å². The molecule has 0 saturated carbocycles. The van der Waals surface area contributed by atoms with Crippen molar-refractivity contribution in [2.75, 3.05) is 65.8 Å². The molecule has 6 heteroatoms. The maximum atomic E-state index is 5.91. The molecule has 6 nitrogen and oxygen atoms in total. The fourth-order valence-electron chi connectivity index (χ4n) is 3.75. The van der Waals surface area contributed by atoms with E-state index in [4.69, 9.17) is 19.6 Å². The van der Waals surface area contributed by atoms with E-state index >= 15 is 0 Å². The Bertz CT molecular complexity index is 568. The minimum Gasteiger partial charge on any atom is -0.486 e. The standard InChI is InChI=1S/C18H27N3O3/c1-2-16-14-20-4-8-22-10-6-21(15-17(3-1)18(16)19-21)7-11-24-13-12-23-9-5-20/h1-3H,4-15H2. The first-order valence-electron chi connectivity index (χ1n) is 9.00. The van der Waals surface area contributed by atoms with Crippen molar-refractivity contribution in [1.29, 1.82) is 0 Å². The molecule has 1 aromatic carbocycles. The summed E-state index contributed by atoms with van der Waals surface area (Å²) >= 11 is 0. The van der Waals surface area contributed by atoms with E-state index in [0.717, 1.165) is 59.1 Å². The fraction of sp³-hybridized carbons (Fsp3) is 0.667. The van der Waals surface area contributed by atoms with E-state index in [1.54, 1.807) is 0 Å². The van der Waals surface area contributed by atoms with Gasteiger partial charge >= 0.3 is 0 Å². The Balaban J connectivity index is 1.67. The van der Waals surface area contributed by atoms with E-state index in [1.807, 2.05) is 0 Å². The highest BCUT2D eigenvalue weighted by atomic mass is 16.5. The summed E-state index contributed by atoms with van der Waals surface area (Å²) in [4.78, 5) is 2.41. The lowest BCUT2D eigenvalue weighted by atomic mass is 10.1. The summed E-state index contributed by atoms with van der Waals surface area (Å²) < 4.78 is 18.1. The molecular formula is C18H27N3O3. The van der Waals surface area contributed by atoms with Gasteiger partial charge in [0.2, 0.25) is 0 Å². The first-order valence-corrected chi connectivity index (χ1v) is 9.00. The van der Waals surface area contributed by atoms with Crippen molar-refractivity contribution in [3.8, 4) is 0 Å². The van der Waals surface area contributed by atoms with Crippen LogP contribution in [0.5, 0.6) is 0 Å². The molecule has 0 radical (unpaired) electrons. The number of nitrogens with zero attached hydrogens (tertiary/aromatic N) is 3. The highest BCUT2D eigenvalue weighted by Crippen LogP contribution is 2.43. The van der Waals surface area contributed by atoms with E-state index in [0.29, 0.717) is 24.4 Å². The lowest BCUT2D eigenvalue weighted by molar-refractivity contribution is -0.899. The van der Waals surface area contributed by atoms with Gasteiger partial charge in [-0.25, -0.2) is 0 Å². The number of ether oxygens (including phenoxy) is 3. The van der Waals surface area contributed by atoms with Crippen LogP contribution >= 0.6 is 0 Å². The molecule has 24 heavy (non-hydrogen) atoms. The number of fused-ring (bicyclic) bond motifs is 1. The Hall–Kier alpha value is -1.18. The minimum absolute atomic E-state index is 0.661. The predicted octanol–water partition coefficient (Wildman–Crippen LogP) is 1.82. The molecule has 0 fully saturated rings. The van der Waals surface area contributed by atoms with Gasteiger partial charge in [0.25, 0.3) is 0 Å². The summed E-state index contributed by atoms with van der Waals surface area (Å²) in [6, 6.07) is 6.62. The summed E-state index contributed by atoms with van der Waals surface area (Å²) in [6.07, 6.45) is 0. The van der Waals surface area contributed by atoms with Crippen molar-refractivity contribution in [2.45, 2.75) is 13.1 Å². The zero-order valence-electron chi connectivity index (χ0n) is 14.3. The van der Waals surface area contributed by atoms with Crippen molar-refractivity contribution >= 4 is 5.69 Å². The minimum atomic E-state index is 0.661.